The summed E-state index contributed by atoms with van der Waals surface area (Å²) in [5.41, 5.74) is 1.77. The molecule has 1 N–H and O–H groups in total. The van der Waals surface area contributed by atoms with Gasteiger partial charge in [-0.25, -0.2) is 8.42 Å². The smallest absolute Gasteiger partial charge is 0.264 e. The summed E-state index contributed by atoms with van der Waals surface area (Å²) in [6.45, 7) is 2.71. The minimum atomic E-state index is -3.73. The van der Waals surface area contributed by atoms with E-state index in [-0.39, 0.29) is 10.8 Å². The quantitative estimate of drug-likeness (QED) is 0.531. The third-order valence-electron chi connectivity index (χ3n) is 4.88. The van der Waals surface area contributed by atoms with E-state index < -0.39 is 10.0 Å². The molecule has 8 heteroatoms. The lowest BCUT2D eigenvalue weighted by Crippen LogP contribution is -2.27. The van der Waals surface area contributed by atoms with Crippen LogP contribution in [-0.4, -0.2) is 35.1 Å². The number of ether oxygens (including phenoxy) is 2. The van der Waals surface area contributed by atoms with Crippen LogP contribution in [0.15, 0.2) is 77.7 Å². The second-order valence-corrected chi connectivity index (χ2v) is 8.90. The van der Waals surface area contributed by atoms with Gasteiger partial charge in [-0.2, -0.15) is 0 Å². The van der Waals surface area contributed by atoms with Gasteiger partial charge < -0.3 is 14.8 Å². The molecule has 3 aromatic rings. The van der Waals surface area contributed by atoms with Crippen LogP contribution >= 0.6 is 0 Å². The molecule has 0 aliphatic rings. The second kappa shape index (κ2) is 10.2. The summed E-state index contributed by atoms with van der Waals surface area (Å²) in [4.78, 5) is 12.6. The minimum absolute atomic E-state index is 0.108. The number of methoxy groups -OCH3 is 1. The van der Waals surface area contributed by atoms with Gasteiger partial charge in [-0.1, -0.05) is 24.3 Å². The Morgan fingerprint density at radius 1 is 0.969 bits per heavy atom. The topological polar surface area (TPSA) is 84.9 Å². The van der Waals surface area contributed by atoms with E-state index >= 15 is 0 Å². The van der Waals surface area contributed by atoms with E-state index in [0.29, 0.717) is 35.9 Å². The normalized spacial score (nSPS) is 11.0. The van der Waals surface area contributed by atoms with E-state index in [1.54, 1.807) is 43.5 Å². The fraction of sp³-hybridized carbons (Fsp3) is 0.208. The molecule has 0 radical (unpaired) electrons. The van der Waals surface area contributed by atoms with E-state index in [4.69, 9.17) is 9.47 Å². The van der Waals surface area contributed by atoms with E-state index in [0.717, 1.165) is 5.56 Å². The van der Waals surface area contributed by atoms with Crippen LogP contribution in [-0.2, 0) is 16.6 Å². The highest BCUT2D eigenvalue weighted by Gasteiger charge is 2.21. The van der Waals surface area contributed by atoms with Gasteiger partial charge in [-0.3, -0.25) is 9.10 Å². The monoisotopic (exact) mass is 454 g/mol. The summed E-state index contributed by atoms with van der Waals surface area (Å²) in [5, 5.41) is 2.83. The van der Waals surface area contributed by atoms with Crippen LogP contribution in [0, 0.1) is 0 Å². The molecule has 0 bridgehead atoms. The Morgan fingerprint density at radius 3 is 2.28 bits per heavy atom. The third-order valence-corrected chi connectivity index (χ3v) is 6.68. The molecule has 7 nitrogen and oxygen atoms in total. The van der Waals surface area contributed by atoms with Gasteiger partial charge in [-0.15, -0.1) is 0 Å². The number of carbonyl (C=O) groups is 1. The highest BCUT2D eigenvalue weighted by Crippen LogP contribution is 2.28. The van der Waals surface area contributed by atoms with Crippen molar-refractivity contribution in [3.63, 3.8) is 0 Å². The van der Waals surface area contributed by atoms with Gasteiger partial charge in [0.15, 0.2) is 11.5 Å². The van der Waals surface area contributed by atoms with Crippen molar-refractivity contribution in [3.8, 4) is 11.5 Å². The molecule has 0 aliphatic carbocycles. The SMILES string of the molecule is CCOc1ccc(CNC(=O)c2ccc(S(=O)(=O)N(C)c3ccccc3)cc2)cc1OC. The lowest BCUT2D eigenvalue weighted by molar-refractivity contribution is 0.0950. The van der Waals surface area contributed by atoms with Crippen molar-refractivity contribution in [2.45, 2.75) is 18.4 Å². The van der Waals surface area contributed by atoms with Crippen LogP contribution in [0.1, 0.15) is 22.8 Å². The molecule has 32 heavy (non-hydrogen) atoms. The highest BCUT2D eigenvalue weighted by molar-refractivity contribution is 7.92. The van der Waals surface area contributed by atoms with Crippen molar-refractivity contribution in [2.24, 2.45) is 0 Å². The van der Waals surface area contributed by atoms with E-state index in [1.165, 1.54) is 35.6 Å². The average molecular weight is 455 g/mol. The lowest BCUT2D eigenvalue weighted by Gasteiger charge is -2.19. The summed E-state index contributed by atoms with van der Waals surface area (Å²) in [6.07, 6.45) is 0. The van der Waals surface area contributed by atoms with Crippen molar-refractivity contribution < 1.29 is 22.7 Å². The molecule has 0 fully saturated rings. The number of nitrogens with one attached hydrogen (secondary N) is 1. The molecule has 168 valence electrons. The number of para-hydroxylation sites is 1. The Morgan fingerprint density at radius 2 is 1.66 bits per heavy atom. The number of benzene rings is 3. The van der Waals surface area contributed by atoms with E-state index in [9.17, 15) is 13.2 Å². The first-order valence-electron chi connectivity index (χ1n) is 10.1. The summed E-state index contributed by atoms with van der Waals surface area (Å²) in [7, 11) is -0.674. The summed E-state index contributed by atoms with van der Waals surface area (Å²) >= 11 is 0. The Balaban J connectivity index is 1.68. The number of carbonyl (C=O) groups excluding carboxylic acids is 1. The molecule has 0 unspecified atom stereocenters. The fourth-order valence-corrected chi connectivity index (χ4v) is 4.29. The maximum absolute atomic E-state index is 12.9. The predicted octanol–water partition coefficient (Wildman–Crippen LogP) is 3.85. The van der Waals surface area contributed by atoms with Crippen molar-refractivity contribution >= 4 is 21.6 Å². The molecule has 0 spiro atoms. The summed E-state index contributed by atoms with van der Waals surface area (Å²) in [6, 6.07) is 20.1. The first-order valence-corrected chi connectivity index (χ1v) is 11.5. The van der Waals surface area contributed by atoms with E-state index in [1.807, 2.05) is 19.1 Å². The fourth-order valence-electron chi connectivity index (χ4n) is 3.09. The molecule has 0 heterocycles. The zero-order valence-electron chi connectivity index (χ0n) is 18.2. The number of rotatable bonds is 9. The molecule has 3 aromatic carbocycles. The lowest BCUT2D eigenvalue weighted by atomic mass is 10.1. The van der Waals surface area contributed by atoms with E-state index in [2.05, 4.69) is 5.32 Å². The maximum atomic E-state index is 12.9. The van der Waals surface area contributed by atoms with Crippen LogP contribution < -0.4 is 19.1 Å². The van der Waals surface area contributed by atoms with Gasteiger partial charge in [0.2, 0.25) is 0 Å². The molecular weight excluding hydrogens is 428 g/mol. The molecule has 3 rings (SSSR count). The number of amides is 1. The highest BCUT2D eigenvalue weighted by atomic mass is 32.2. The summed E-state index contributed by atoms with van der Waals surface area (Å²) in [5.74, 6) is 0.927. The van der Waals surface area contributed by atoms with Crippen LogP contribution in [0.3, 0.4) is 0 Å². The number of anilines is 1. The molecule has 0 aromatic heterocycles. The maximum Gasteiger partial charge on any atom is 0.264 e. The Bertz CT molecular complexity index is 1160. The minimum Gasteiger partial charge on any atom is -0.493 e. The Kier molecular flexibility index (Phi) is 7.37. The van der Waals surface area contributed by atoms with Crippen molar-refractivity contribution in [1.29, 1.82) is 0 Å². The molecular formula is C24H26N2O5S. The Hall–Kier alpha value is -3.52. The number of hydrogen-bond donors (Lipinski definition) is 1. The molecule has 0 atom stereocenters. The van der Waals surface area contributed by atoms with Gasteiger partial charge in [0, 0.05) is 19.2 Å². The largest absolute Gasteiger partial charge is 0.493 e. The zero-order valence-corrected chi connectivity index (χ0v) is 19.1. The first kappa shape index (κ1) is 23.1. The van der Waals surface area contributed by atoms with Crippen molar-refractivity contribution in [1.82, 2.24) is 5.32 Å². The number of nitrogens with zero attached hydrogens (tertiary/aromatic N) is 1. The van der Waals surface area contributed by atoms with Crippen LogP contribution in [0.5, 0.6) is 11.5 Å². The first-order chi connectivity index (χ1) is 15.4. The molecule has 1 amide bonds. The van der Waals surface area contributed by atoms with Crippen LogP contribution in [0.4, 0.5) is 5.69 Å². The van der Waals surface area contributed by atoms with Gasteiger partial charge in [0.05, 0.1) is 24.3 Å². The third kappa shape index (κ3) is 5.20. The second-order valence-electron chi connectivity index (χ2n) is 6.93. The standard InChI is InChI=1S/C24H26N2O5S/c1-4-31-22-15-10-18(16-23(22)30-3)17-25-24(27)19-11-13-21(14-12-19)32(28,29)26(2)20-8-6-5-7-9-20/h5-16H,4,17H2,1-3H3,(H,25,27). The zero-order chi connectivity index (χ0) is 23.1. The van der Waals surface area contributed by atoms with Crippen LogP contribution in [0.2, 0.25) is 0 Å². The molecule has 0 saturated carbocycles. The molecule has 0 aliphatic heterocycles. The average Bonchev–Trinajstić information content (AvgIpc) is 2.83. The predicted molar refractivity (Wildman–Crippen MR) is 124 cm³/mol. The van der Waals surface area contributed by atoms with Crippen molar-refractivity contribution in [3.05, 3.63) is 83.9 Å². The van der Waals surface area contributed by atoms with Gasteiger partial charge in [0.25, 0.3) is 15.9 Å². The van der Waals surface area contributed by atoms with Gasteiger partial charge in [-0.05, 0) is 61.0 Å². The number of hydrogen-bond acceptors (Lipinski definition) is 5. The van der Waals surface area contributed by atoms with Gasteiger partial charge >= 0.3 is 0 Å². The van der Waals surface area contributed by atoms with Crippen LogP contribution in [0.25, 0.3) is 0 Å². The summed E-state index contributed by atoms with van der Waals surface area (Å²) < 4.78 is 37.8. The molecule has 0 saturated heterocycles. The Labute approximate surface area is 188 Å². The van der Waals surface area contributed by atoms with Gasteiger partial charge in [0.1, 0.15) is 0 Å². The van der Waals surface area contributed by atoms with Crippen molar-refractivity contribution in [2.75, 3.05) is 25.1 Å². The number of sulfonamides is 1.